The lowest BCUT2D eigenvalue weighted by molar-refractivity contribution is 0.163. The Morgan fingerprint density at radius 1 is 1.25 bits per heavy atom. The van der Waals surface area contributed by atoms with E-state index in [1.165, 1.54) is 0 Å². The Hall–Kier alpha value is -1.64. The van der Waals surface area contributed by atoms with Crippen molar-refractivity contribution < 1.29 is 0 Å². The Morgan fingerprint density at radius 3 is 2.80 bits per heavy atom. The Morgan fingerprint density at radius 2 is 2.05 bits per heavy atom. The minimum atomic E-state index is 0.379. The summed E-state index contributed by atoms with van der Waals surface area (Å²) in [6, 6.07) is 6.86. The molecule has 0 radical (unpaired) electrons. The second-order valence-electron chi connectivity index (χ2n) is 5.75. The molecule has 106 valence electrons. The van der Waals surface area contributed by atoms with E-state index in [0.29, 0.717) is 17.6 Å². The van der Waals surface area contributed by atoms with E-state index in [1.807, 2.05) is 12.1 Å². The number of hydrogen-bond donors (Lipinski definition) is 1. The van der Waals surface area contributed by atoms with E-state index in [4.69, 9.17) is 5.73 Å². The number of nitriles is 1. The number of hydrogen-bond acceptors (Lipinski definition) is 5. The van der Waals surface area contributed by atoms with Crippen molar-refractivity contribution in [1.82, 2.24) is 9.88 Å². The van der Waals surface area contributed by atoms with Crippen LogP contribution in [0, 0.1) is 11.3 Å². The van der Waals surface area contributed by atoms with Crippen LogP contribution in [-0.2, 0) is 0 Å². The van der Waals surface area contributed by atoms with Gasteiger partial charge in [0.1, 0.15) is 11.9 Å². The third-order valence-electron chi connectivity index (χ3n) is 4.46. The smallest absolute Gasteiger partial charge is 0.146 e. The maximum absolute atomic E-state index is 9.18. The molecule has 1 aromatic heterocycles. The topological polar surface area (TPSA) is 69.2 Å². The molecule has 3 heterocycles. The van der Waals surface area contributed by atoms with Crippen LogP contribution in [0.4, 0.5) is 5.82 Å². The predicted molar refractivity (Wildman–Crippen MR) is 78.4 cm³/mol. The highest BCUT2D eigenvalue weighted by Crippen LogP contribution is 2.25. The van der Waals surface area contributed by atoms with Crippen LogP contribution in [0.5, 0.6) is 0 Å². The van der Waals surface area contributed by atoms with Gasteiger partial charge in [0.25, 0.3) is 0 Å². The Bertz CT molecular complexity index is 501. The zero-order chi connectivity index (χ0) is 13.9. The molecule has 2 aliphatic rings. The zero-order valence-corrected chi connectivity index (χ0v) is 11.7. The summed E-state index contributed by atoms with van der Waals surface area (Å²) in [4.78, 5) is 9.19. The second-order valence-corrected chi connectivity index (χ2v) is 5.75. The molecular formula is C15H21N5. The molecule has 1 atom stereocenters. The van der Waals surface area contributed by atoms with Gasteiger partial charge >= 0.3 is 0 Å². The first-order chi connectivity index (χ1) is 9.78. The van der Waals surface area contributed by atoms with E-state index in [2.05, 4.69) is 20.9 Å². The maximum Gasteiger partial charge on any atom is 0.146 e. The minimum Gasteiger partial charge on any atom is -0.354 e. The van der Waals surface area contributed by atoms with Crippen LogP contribution in [0.1, 0.15) is 24.8 Å². The number of rotatable bonds is 2. The van der Waals surface area contributed by atoms with Crippen LogP contribution in [0.3, 0.4) is 0 Å². The van der Waals surface area contributed by atoms with Crippen molar-refractivity contribution in [3.63, 3.8) is 0 Å². The average molecular weight is 271 g/mol. The molecule has 0 saturated carbocycles. The third kappa shape index (κ3) is 2.62. The zero-order valence-electron chi connectivity index (χ0n) is 11.7. The fourth-order valence-electron chi connectivity index (χ4n) is 3.25. The molecule has 1 aromatic rings. The Labute approximate surface area is 120 Å². The molecule has 5 nitrogen and oxygen atoms in total. The van der Waals surface area contributed by atoms with E-state index in [1.54, 1.807) is 6.20 Å². The van der Waals surface area contributed by atoms with Gasteiger partial charge in [-0.3, -0.25) is 4.90 Å². The Balaban J connectivity index is 1.66. The molecule has 2 fully saturated rings. The van der Waals surface area contributed by atoms with Crippen molar-refractivity contribution in [1.29, 1.82) is 5.26 Å². The lowest BCUT2D eigenvalue weighted by Gasteiger charge is -2.34. The molecule has 0 aliphatic carbocycles. The van der Waals surface area contributed by atoms with Crippen LogP contribution in [0.15, 0.2) is 18.3 Å². The standard InChI is InChI=1S/C15H21N5/c16-10-12-2-1-6-18-15(12)20-9-5-14(11-20)19-7-3-13(17)4-8-19/h1-2,6,13-14H,3-5,7-9,11,17H2. The summed E-state index contributed by atoms with van der Waals surface area (Å²) in [7, 11) is 0. The van der Waals surface area contributed by atoms with E-state index < -0.39 is 0 Å². The third-order valence-corrected chi connectivity index (χ3v) is 4.46. The molecule has 1 unspecified atom stereocenters. The fourth-order valence-corrected chi connectivity index (χ4v) is 3.25. The Kier molecular flexibility index (Phi) is 3.86. The quantitative estimate of drug-likeness (QED) is 0.867. The van der Waals surface area contributed by atoms with Gasteiger partial charge in [-0.05, 0) is 44.5 Å². The number of anilines is 1. The summed E-state index contributed by atoms with van der Waals surface area (Å²) in [6.07, 6.45) is 5.12. The molecule has 2 aliphatic heterocycles. The maximum atomic E-state index is 9.18. The minimum absolute atomic E-state index is 0.379. The highest BCUT2D eigenvalue weighted by molar-refractivity contribution is 5.54. The van der Waals surface area contributed by atoms with E-state index in [0.717, 1.165) is 51.3 Å². The van der Waals surface area contributed by atoms with Gasteiger partial charge in [0.15, 0.2) is 0 Å². The van der Waals surface area contributed by atoms with E-state index in [-0.39, 0.29) is 0 Å². The molecule has 0 spiro atoms. The molecule has 2 N–H and O–H groups in total. The van der Waals surface area contributed by atoms with Gasteiger partial charge in [-0.25, -0.2) is 4.98 Å². The first-order valence-electron chi connectivity index (χ1n) is 7.37. The molecular weight excluding hydrogens is 250 g/mol. The average Bonchev–Trinajstić information content (AvgIpc) is 2.97. The second kappa shape index (κ2) is 5.78. The molecule has 5 heteroatoms. The van der Waals surface area contributed by atoms with Gasteiger partial charge in [-0.2, -0.15) is 5.26 Å². The van der Waals surface area contributed by atoms with Gasteiger partial charge in [0, 0.05) is 31.4 Å². The van der Waals surface area contributed by atoms with Crippen LogP contribution in [-0.4, -0.2) is 48.1 Å². The number of pyridine rings is 1. The molecule has 2 saturated heterocycles. The summed E-state index contributed by atoms with van der Waals surface area (Å²) in [5, 5.41) is 9.18. The predicted octanol–water partition coefficient (Wildman–Crippen LogP) is 0.955. The first-order valence-corrected chi connectivity index (χ1v) is 7.37. The molecule has 3 rings (SSSR count). The van der Waals surface area contributed by atoms with Crippen LogP contribution >= 0.6 is 0 Å². The molecule has 0 amide bonds. The van der Waals surface area contributed by atoms with Gasteiger partial charge in [0.2, 0.25) is 0 Å². The van der Waals surface area contributed by atoms with Crippen molar-refractivity contribution in [2.75, 3.05) is 31.1 Å². The number of nitrogens with zero attached hydrogens (tertiary/aromatic N) is 4. The lowest BCUT2D eigenvalue weighted by Crippen LogP contribution is -2.46. The van der Waals surface area contributed by atoms with Crippen molar-refractivity contribution in [2.45, 2.75) is 31.3 Å². The number of piperidine rings is 1. The normalized spacial score (nSPS) is 24.8. The van der Waals surface area contributed by atoms with Crippen molar-refractivity contribution in [2.24, 2.45) is 5.73 Å². The van der Waals surface area contributed by atoms with Crippen LogP contribution in [0.25, 0.3) is 0 Å². The van der Waals surface area contributed by atoms with Crippen molar-refractivity contribution in [3.8, 4) is 6.07 Å². The largest absolute Gasteiger partial charge is 0.354 e. The fraction of sp³-hybridized carbons (Fsp3) is 0.600. The van der Waals surface area contributed by atoms with Crippen molar-refractivity contribution >= 4 is 5.82 Å². The summed E-state index contributed by atoms with van der Waals surface area (Å²) in [5.74, 6) is 0.839. The SMILES string of the molecule is N#Cc1cccnc1N1CCC(N2CCC(N)CC2)C1. The molecule has 0 bridgehead atoms. The summed E-state index contributed by atoms with van der Waals surface area (Å²) in [6.45, 7) is 4.17. The van der Waals surface area contributed by atoms with Crippen molar-refractivity contribution in [3.05, 3.63) is 23.9 Å². The van der Waals surface area contributed by atoms with Crippen LogP contribution in [0.2, 0.25) is 0 Å². The highest BCUT2D eigenvalue weighted by Gasteiger charge is 2.31. The molecule has 0 aromatic carbocycles. The molecule has 20 heavy (non-hydrogen) atoms. The van der Waals surface area contributed by atoms with Gasteiger partial charge in [-0.15, -0.1) is 0 Å². The summed E-state index contributed by atoms with van der Waals surface area (Å²) >= 11 is 0. The van der Waals surface area contributed by atoms with E-state index >= 15 is 0 Å². The summed E-state index contributed by atoms with van der Waals surface area (Å²) < 4.78 is 0. The first kappa shape index (κ1) is 13.3. The lowest BCUT2D eigenvalue weighted by atomic mass is 10.0. The number of likely N-dealkylation sites (tertiary alicyclic amines) is 1. The van der Waals surface area contributed by atoms with Crippen LogP contribution < -0.4 is 10.6 Å². The monoisotopic (exact) mass is 271 g/mol. The van der Waals surface area contributed by atoms with Gasteiger partial charge in [-0.1, -0.05) is 0 Å². The number of nitrogens with two attached hydrogens (primary N) is 1. The van der Waals surface area contributed by atoms with Gasteiger partial charge in [0.05, 0.1) is 5.56 Å². The highest BCUT2D eigenvalue weighted by atomic mass is 15.3. The van der Waals surface area contributed by atoms with E-state index in [9.17, 15) is 5.26 Å². The number of aromatic nitrogens is 1. The summed E-state index contributed by atoms with van der Waals surface area (Å²) in [5.41, 5.74) is 6.64. The van der Waals surface area contributed by atoms with Gasteiger partial charge < -0.3 is 10.6 Å².